The van der Waals surface area contributed by atoms with E-state index in [9.17, 15) is 19.2 Å². The van der Waals surface area contributed by atoms with Gasteiger partial charge in [0.25, 0.3) is 11.8 Å². The summed E-state index contributed by atoms with van der Waals surface area (Å²) in [7, 11) is 0. The summed E-state index contributed by atoms with van der Waals surface area (Å²) < 4.78 is 5.68. The number of hydrogen-bond acceptors (Lipinski definition) is 5. The number of ether oxygens (including phenoxy) is 1. The van der Waals surface area contributed by atoms with E-state index in [2.05, 4.69) is 5.32 Å². The zero-order valence-corrected chi connectivity index (χ0v) is 13.6. The minimum absolute atomic E-state index is 0.110. The highest BCUT2D eigenvalue weighted by Crippen LogP contribution is 2.33. The number of benzene rings is 1. The number of hydrogen-bond donors (Lipinski definition) is 1. The Kier molecular flexibility index (Phi) is 3.78. The fraction of sp³-hybridized carbons (Fsp3) is 0.444. The van der Waals surface area contributed by atoms with Crippen LogP contribution in [0.2, 0.25) is 0 Å². The number of amides is 4. The molecule has 4 rings (SSSR count). The van der Waals surface area contributed by atoms with E-state index in [1.165, 1.54) is 12.8 Å². The molecule has 0 radical (unpaired) electrons. The quantitative estimate of drug-likeness (QED) is 0.814. The third kappa shape index (κ3) is 2.90. The highest BCUT2D eigenvalue weighted by atomic mass is 16.5. The smallest absolute Gasteiger partial charge is 0.262 e. The minimum Gasteiger partial charge on any atom is -0.494 e. The second-order valence-electron chi connectivity index (χ2n) is 6.74. The van der Waals surface area contributed by atoms with Crippen LogP contribution in [-0.4, -0.2) is 41.2 Å². The van der Waals surface area contributed by atoms with Crippen molar-refractivity contribution in [1.29, 1.82) is 0 Å². The molecule has 0 bridgehead atoms. The molecule has 1 saturated carbocycles. The van der Waals surface area contributed by atoms with Gasteiger partial charge in [-0.3, -0.25) is 29.4 Å². The van der Waals surface area contributed by atoms with Gasteiger partial charge in [-0.2, -0.15) is 0 Å². The zero-order valence-electron chi connectivity index (χ0n) is 13.6. The molecule has 4 amide bonds. The molecule has 3 aliphatic rings. The SMILES string of the molecule is O=C1CCC(N2C(=O)c3ccc(OCCC4CC4)cc3C2=O)C(=O)N1. The third-order valence-corrected chi connectivity index (χ3v) is 4.90. The topological polar surface area (TPSA) is 92.8 Å². The van der Waals surface area contributed by atoms with Gasteiger partial charge in [0.1, 0.15) is 11.8 Å². The maximum Gasteiger partial charge on any atom is 0.262 e. The van der Waals surface area contributed by atoms with Crippen molar-refractivity contribution < 1.29 is 23.9 Å². The summed E-state index contributed by atoms with van der Waals surface area (Å²) in [5, 5.41) is 2.18. The van der Waals surface area contributed by atoms with E-state index in [4.69, 9.17) is 4.74 Å². The number of rotatable bonds is 5. The van der Waals surface area contributed by atoms with Gasteiger partial charge < -0.3 is 4.74 Å². The summed E-state index contributed by atoms with van der Waals surface area (Å²) in [6, 6.07) is 3.86. The molecule has 0 aromatic heterocycles. The first-order valence-corrected chi connectivity index (χ1v) is 8.53. The molecule has 7 heteroatoms. The Morgan fingerprint density at radius 3 is 2.52 bits per heavy atom. The van der Waals surface area contributed by atoms with Gasteiger partial charge in [-0.25, -0.2) is 0 Å². The molecule has 2 aliphatic heterocycles. The monoisotopic (exact) mass is 342 g/mol. The summed E-state index contributed by atoms with van der Waals surface area (Å²) in [6.07, 6.45) is 3.76. The molecular formula is C18H18N2O5. The van der Waals surface area contributed by atoms with Crippen LogP contribution in [0, 0.1) is 5.92 Å². The normalized spacial score (nSPS) is 22.9. The average Bonchev–Trinajstić information content (AvgIpc) is 3.37. The minimum atomic E-state index is -0.940. The molecule has 0 spiro atoms. The number of piperidine rings is 1. The van der Waals surface area contributed by atoms with Crippen molar-refractivity contribution in [3.8, 4) is 5.75 Å². The Bertz CT molecular complexity index is 784. The van der Waals surface area contributed by atoms with Gasteiger partial charge in [0.15, 0.2) is 0 Å². The zero-order chi connectivity index (χ0) is 17.6. The first kappa shape index (κ1) is 15.8. The van der Waals surface area contributed by atoms with Gasteiger partial charge in [-0.05, 0) is 37.0 Å². The number of imide groups is 2. The number of nitrogens with zero attached hydrogens (tertiary/aromatic N) is 1. The van der Waals surface area contributed by atoms with Crippen LogP contribution in [-0.2, 0) is 9.59 Å². The van der Waals surface area contributed by atoms with Crippen LogP contribution in [0.25, 0.3) is 0 Å². The highest BCUT2D eigenvalue weighted by Gasteiger charge is 2.44. The molecule has 2 fully saturated rings. The van der Waals surface area contributed by atoms with Crippen molar-refractivity contribution in [3.05, 3.63) is 29.3 Å². The molecule has 2 heterocycles. The van der Waals surface area contributed by atoms with Gasteiger partial charge in [0.05, 0.1) is 17.7 Å². The van der Waals surface area contributed by atoms with E-state index < -0.39 is 23.8 Å². The molecule has 1 atom stereocenters. The third-order valence-electron chi connectivity index (χ3n) is 4.90. The van der Waals surface area contributed by atoms with Crippen LogP contribution in [0.15, 0.2) is 18.2 Å². The molecule has 1 unspecified atom stereocenters. The van der Waals surface area contributed by atoms with Crippen LogP contribution in [0.3, 0.4) is 0 Å². The van der Waals surface area contributed by atoms with Crippen LogP contribution in [0.5, 0.6) is 5.75 Å². The molecular weight excluding hydrogens is 324 g/mol. The van der Waals surface area contributed by atoms with Gasteiger partial charge >= 0.3 is 0 Å². The second-order valence-corrected chi connectivity index (χ2v) is 6.74. The van der Waals surface area contributed by atoms with Crippen molar-refractivity contribution in [2.24, 2.45) is 5.92 Å². The Balaban J connectivity index is 1.52. The van der Waals surface area contributed by atoms with E-state index >= 15 is 0 Å². The van der Waals surface area contributed by atoms with Crippen molar-refractivity contribution in [1.82, 2.24) is 10.2 Å². The number of fused-ring (bicyclic) bond motifs is 1. The lowest BCUT2D eigenvalue weighted by atomic mass is 10.0. The molecule has 1 aromatic carbocycles. The van der Waals surface area contributed by atoms with E-state index in [-0.39, 0.29) is 29.9 Å². The number of carbonyl (C=O) groups is 4. The number of carbonyl (C=O) groups excluding carboxylic acids is 4. The molecule has 1 N–H and O–H groups in total. The van der Waals surface area contributed by atoms with Gasteiger partial charge in [-0.15, -0.1) is 0 Å². The average molecular weight is 342 g/mol. The van der Waals surface area contributed by atoms with E-state index in [0.29, 0.717) is 12.4 Å². The van der Waals surface area contributed by atoms with Crippen molar-refractivity contribution in [3.63, 3.8) is 0 Å². The van der Waals surface area contributed by atoms with Gasteiger partial charge in [0.2, 0.25) is 11.8 Å². The predicted molar refractivity (Wildman–Crippen MR) is 85.9 cm³/mol. The molecule has 1 aliphatic carbocycles. The lowest BCUT2D eigenvalue weighted by molar-refractivity contribution is -0.136. The summed E-state index contributed by atoms with van der Waals surface area (Å²) in [5.41, 5.74) is 0.517. The van der Waals surface area contributed by atoms with Crippen molar-refractivity contribution in [2.45, 2.75) is 38.1 Å². The van der Waals surface area contributed by atoms with Gasteiger partial charge in [0, 0.05) is 6.42 Å². The van der Waals surface area contributed by atoms with E-state index in [0.717, 1.165) is 17.2 Å². The standard InChI is InChI=1S/C18H18N2O5/c21-15-6-5-14(16(22)19-15)20-17(23)12-4-3-11(9-13(12)18(20)24)25-8-7-10-1-2-10/h3-4,9-10,14H,1-2,5-8H2,(H,19,21,22). The van der Waals surface area contributed by atoms with Crippen LogP contribution in [0.1, 0.15) is 52.8 Å². The highest BCUT2D eigenvalue weighted by molar-refractivity contribution is 6.23. The summed E-state index contributed by atoms with van der Waals surface area (Å²) in [6.45, 7) is 0.586. The Labute approximate surface area is 144 Å². The Morgan fingerprint density at radius 1 is 1.04 bits per heavy atom. The van der Waals surface area contributed by atoms with E-state index in [1.807, 2.05) is 0 Å². The summed E-state index contributed by atoms with van der Waals surface area (Å²) in [5.74, 6) is -0.705. The predicted octanol–water partition coefficient (Wildman–Crippen LogP) is 1.27. The maximum absolute atomic E-state index is 12.7. The van der Waals surface area contributed by atoms with Crippen molar-refractivity contribution in [2.75, 3.05) is 6.61 Å². The summed E-state index contributed by atoms with van der Waals surface area (Å²) in [4.78, 5) is 49.5. The first-order valence-electron chi connectivity index (χ1n) is 8.53. The van der Waals surface area contributed by atoms with Gasteiger partial charge in [-0.1, -0.05) is 12.8 Å². The van der Waals surface area contributed by atoms with Crippen molar-refractivity contribution >= 4 is 23.6 Å². The molecule has 130 valence electrons. The second kappa shape index (κ2) is 5.98. The van der Waals surface area contributed by atoms with Crippen LogP contribution >= 0.6 is 0 Å². The first-order chi connectivity index (χ1) is 12.0. The Morgan fingerprint density at radius 2 is 1.80 bits per heavy atom. The van der Waals surface area contributed by atoms with Crippen LogP contribution < -0.4 is 10.1 Å². The van der Waals surface area contributed by atoms with Crippen LogP contribution in [0.4, 0.5) is 0 Å². The maximum atomic E-state index is 12.7. The largest absolute Gasteiger partial charge is 0.494 e. The molecule has 25 heavy (non-hydrogen) atoms. The molecule has 7 nitrogen and oxygen atoms in total. The lowest BCUT2D eigenvalue weighted by Gasteiger charge is -2.27. The fourth-order valence-corrected chi connectivity index (χ4v) is 3.29. The lowest BCUT2D eigenvalue weighted by Crippen LogP contribution is -2.54. The summed E-state index contributed by atoms with van der Waals surface area (Å²) >= 11 is 0. The molecule has 1 aromatic rings. The molecule has 1 saturated heterocycles. The number of nitrogens with one attached hydrogen (secondary N) is 1. The Hall–Kier alpha value is -2.70. The fourth-order valence-electron chi connectivity index (χ4n) is 3.29. The van der Waals surface area contributed by atoms with E-state index in [1.54, 1.807) is 18.2 Å².